The second-order valence-corrected chi connectivity index (χ2v) is 7.97. The Hall–Kier alpha value is -0.610. The Bertz CT molecular complexity index is 499. The van der Waals surface area contributed by atoms with Gasteiger partial charge in [0.2, 0.25) is 0 Å². The molecule has 4 aliphatic heterocycles. The minimum Gasteiger partial charge on any atom is -0.394 e. The van der Waals surface area contributed by atoms with Gasteiger partial charge in [0.25, 0.3) is 0 Å². The van der Waals surface area contributed by atoms with Gasteiger partial charge in [-0.2, -0.15) is 0 Å². The van der Waals surface area contributed by atoms with E-state index in [1.165, 1.54) is 0 Å². The Labute approximate surface area is 141 Å². The number of aliphatic hydroxyl groups excluding tert-OH is 5. The smallest absolute Gasteiger partial charge is 0.150 e. The molecule has 0 amide bonds. The van der Waals surface area contributed by atoms with Crippen LogP contribution >= 0.6 is 0 Å². The van der Waals surface area contributed by atoms with Crippen molar-refractivity contribution in [1.29, 1.82) is 0 Å². The van der Waals surface area contributed by atoms with E-state index in [1.807, 2.05) is 23.6 Å². The van der Waals surface area contributed by atoms with Gasteiger partial charge in [0.05, 0.1) is 23.6 Å². The number of rotatable bonds is 6. The zero-order valence-corrected chi connectivity index (χ0v) is 14.2. The SMILES string of the molecule is CCC12CN3CC(C)(CN(C1)C3C(O)C(O)C(O)C(O)CO)C2=O. The molecule has 8 heteroatoms. The molecule has 0 spiro atoms. The minimum absolute atomic E-state index is 0.286. The van der Waals surface area contributed by atoms with Crippen molar-refractivity contribution in [3.8, 4) is 0 Å². The van der Waals surface area contributed by atoms with Crippen molar-refractivity contribution < 1.29 is 30.3 Å². The quantitative estimate of drug-likeness (QED) is 0.354. The zero-order chi connectivity index (χ0) is 17.9. The molecule has 6 unspecified atom stereocenters. The van der Waals surface area contributed by atoms with Crippen LogP contribution in [-0.4, -0.2) is 104 Å². The summed E-state index contributed by atoms with van der Waals surface area (Å²) in [6, 6.07) is 0. The van der Waals surface area contributed by atoms with Crippen molar-refractivity contribution in [3.63, 3.8) is 0 Å². The lowest BCUT2D eigenvalue weighted by Crippen LogP contribution is -2.81. The maximum absolute atomic E-state index is 12.8. The van der Waals surface area contributed by atoms with Crippen molar-refractivity contribution in [2.45, 2.75) is 50.8 Å². The second kappa shape index (κ2) is 5.98. The maximum Gasteiger partial charge on any atom is 0.150 e. The fourth-order valence-electron chi connectivity index (χ4n) is 4.95. The van der Waals surface area contributed by atoms with E-state index >= 15 is 0 Å². The van der Waals surface area contributed by atoms with Crippen LogP contribution < -0.4 is 0 Å². The van der Waals surface area contributed by atoms with E-state index in [9.17, 15) is 25.2 Å². The van der Waals surface area contributed by atoms with Crippen molar-refractivity contribution in [2.24, 2.45) is 10.8 Å². The van der Waals surface area contributed by atoms with Crippen molar-refractivity contribution in [1.82, 2.24) is 9.80 Å². The highest BCUT2D eigenvalue weighted by atomic mass is 16.4. The molecule has 0 aliphatic carbocycles. The molecule has 0 aromatic rings. The van der Waals surface area contributed by atoms with E-state index in [0.29, 0.717) is 26.2 Å². The molecule has 8 nitrogen and oxygen atoms in total. The average Bonchev–Trinajstić information content (AvgIpc) is 2.55. The summed E-state index contributed by atoms with van der Waals surface area (Å²) in [4.78, 5) is 16.8. The first-order valence-corrected chi connectivity index (χ1v) is 8.55. The van der Waals surface area contributed by atoms with Gasteiger partial charge < -0.3 is 25.5 Å². The number of carbonyl (C=O) groups excluding carboxylic acids is 1. The third kappa shape index (κ3) is 2.44. The molecule has 4 heterocycles. The molecule has 0 aromatic heterocycles. The molecule has 24 heavy (non-hydrogen) atoms. The molecule has 0 saturated carbocycles. The Morgan fingerprint density at radius 3 is 2.08 bits per heavy atom. The van der Waals surface area contributed by atoms with Crippen LogP contribution in [0, 0.1) is 10.8 Å². The molecule has 4 fully saturated rings. The lowest BCUT2D eigenvalue weighted by Gasteiger charge is -2.66. The lowest BCUT2D eigenvalue weighted by atomic mass is 9.60. The summed E-state index contributed by atoms with van der Waals surface area (Å²) >= 11 is 0. The molecule has 4 bridgehead atoms. The predicted molar refractivity (Wildman–Crippen MR) is 83.9 cm³/mol. The summed E-state index contributed by atoms with van der Waals surface area (Å²) in [5.74, 6) is 0.286. The third-order valence-corrected chi connectivity index (χ3v) is 6.16. The van der Waals surface area contributed by atoms with Gasteiger partial charge in [-0.15, -0.1) is 0 Å². The molecular formula is C16H28N2O6. The number of ketones is 1. The van der Waals surface area contributed by atoms with Crippen LogP contribution in [0.25, 0.3) is 0 Å². The summed E-state index contributed by atoms with van der Waals surface area (Å²) in [6.45, 7) is 5.33. The van der Waals surface area contributed by atoms with E-state index in [1.54, 1.807) is 0 Å². The first-order valence-electron chi connectivity index (χ1n) is 8.55. The van der Waals surface area contributed by atoms with Crippen LogP contribution in [-0.2, 0) is 4.79 Å². The molecule has 0 radical (unpaired) electrons. The van der Waals surface area contributed by atoms with Gasteiger partial charge in [-0.05, 0) is 6.42 Å². The highest BCUT2D eigenvalue weighted by molar-refractivity contribution is 5.93. The maximum atomic E-state index is 12.8. The van der Waals surface area contributed by atoms with Gasteiger partial charge in [-0.25, -0.2) is 0 Å². The monoisotopic (exact) mass is 344 g/mol. The molecular weight excluding hydrogens is 316 g/mol. The molecule has 4 rings (SSSR count). The van der Waals surface area contributed by atoms with Crippen LogP contribution in [0.3, 0.4) is 0 Å². The molecule has 6 atom stereocenters. The summed E-state index contributed by atoms with van der Waals surface area (Å²) < 4.78 is 0. The molecule has 5 N–H and O–H groups in total. The van der Waals surface area contributed by atoms with Crippen LogP contribution in [0.15, 0.2) is 0 Å². The van der Waals surface area contributed by atoms with E-state index < -0.39 is 48.0 Å². The highest BCUT2D eigenvalue weighted by Gasteiger charge is 2.64. The topological polar surface area (TPSA) is 125 Å². The zero-order valence-electron chi connectivity index (χ0n) is 14.2. The Morgan fingerprint density at radius 1 is 1.08 bits per heavy atom. The standard InChI is InChI=1S/C16H28N2O6/c1-3-16-7-17-5-15(2,14(16)24)6-18(8-16)13(17)12(23)11(22)10(21)9(20)4-19/h9-13,19-23H,3-8H2,1-2H3. The lowest BCUT2D eigenvalue weighted by molar-refractivity contribution is -0.231. The van der Waals surface area contributed by atoms with Crippen LogP contribution in [0.1, 0.15) is 20.3 Å². The molecule has 4 aliphatic rings. The fourth-order valence-corrected chi connectivity index (χ4v) is 4.95. The Kier molecular flexibility index (Phi) is 4.53. The molecule has 0 aromatic carbocycles. The predicted octanol–water partition coefficient (Wildman–Crippen LogP) is -2.63. The van der Waals surface area contributed by atoms with Gasteiger partial charge in [-0.1, -0.05) is 13.8 Å². The number of piperidine rings is 2. The van der Waals surface area contributed by atoms with Crippen molar-refractivity contribution in [3.05, 3.63) is 0 Å². The number of aliphatic hydroxyl groups is 5. The van der Waals surface area contributed by atoms with Crippen LogP contribution in [0.5, 0.6) is 0 Å². The Morgan fingerprint density at radius 2 is 1.62 bits per heavy atom. The first-order chi connectivity index (χ1) is 11.2. The van der Waals surface area contributed by atoms with Gasteiger partial charge in [0, 0.05) is 26.2 Å². The number of carbonyl (C=O) groups is 1. The van der Waals surface area contributed by atoms with Gasteiger partial charge in [0.1, 0.15) is 30.2 Å². The summed E-state index contributed by atoms with van der Waals surface area (Å²) in [7, 11) is 0. The van der Waals surface area contributed by atoms with Gasteiger partial charge in [0.15, 0.2) is 0 Å². The summed E-state index contributed by atoms with van der Waals surface area (Å²) in [5, 5.41) is 49.1. The van der Waals surface area contributed by atoms with Gasteiger partial charge in [-0.3, -0.25) is 14.6 Å². The normalized spacial score (nSPS) is 46.0. The van der Waals surface area contributed by atoms with E-state index in [4.69, 9.17) is 5.11 Å². The van der Waals surface area contributed by atoms with Crippen LogP contribution in [0.4, 0.5) is 0 Å². The number of nitrogens with zero attached hydrogens (tertiary/aromatic N) is 2. The Balaban J connectivity index is 1.82. The first kappa shape index (κ1) is 18.2. The molecule has 4 saturated heterocycles. The van der Waals surface area contributed by atoms with E-state index in [-0.39, 0.29) is 5.78 Å². The van der Waals surface area contributed by atoms with Crippen molar-refractivity contribution in [2.75, 3.05) is 32.8 Å². The largest absolute Gasteiger partial charge is 0.394 e. The number of hydrogen-bond donors (Lipinski definition) is 5. The second-order valence-electron chi connectivity index (χ2n) is 7.97. The molecule has 138 valence electrons. The van der Waals surface area contributed by atoms with E-state index in [2.05, 4.69) is 0 Å². The summed E-state index contributed by atoms with van der Waals surface area (Å²) in [6.07, 6.45) is -5.84. The fraction of sp³-hybridized carbons (Fsp3) is 0.938. The number of hydrogen-bond acceptors (Lipinski definition) is 8. The summed E-state index contributed by atoms with van der Waals surface area (Å²) in [5.41, 5.74) is -0.910. The third-order valence-electron chi connectivity index (χ3n) is 6.16. The average molecular weight is 344 g/mol. The van der Waals surface area contributed by atoms with Gasteiger partial charge >= 0.3 is 0 Å². The van der Waals surface area contributed by atoms with E-state index in [0.717, 1.165) is 6.42 Å². The highest BCUT2D eigenvalue weighted by Crippen LogP contribution is 2.50. The van der Waals surface area contributed by atoms with Crippen LogP contribution in [0.2, 0.25) is 0 Å². The number of Topliss-reactive ketones (excluding diaryl/α,β-unsaturated/α-hetero) is 1. The minimum atomic E-state index is -1.64. The van der Waals surface area contributed by atoms with Crippen molar-refractivity contribution >= 4 is 5.78 Å².